The summed E-state index contributed by atoms with van der Waals surface area (Å²) in [5.74, 6) is 0.592. The first-order chi connectivity index (χ1) is 12.1. The molecule has 0 radical (unpaired) electrons. The SMILES string of the molecule is Cc1cccc(NS(=O)c2ccc(-c3ccc(C#N)cc3)cc2C)n1. The molecule has 0 fully saturated rings. The van der Waals surface area contributed by atoms with Crippen LogP contribution in [0.4, 0.5) is 5.82 Å². The van der Waals surface area contributed by atoms with E-state index in [9.17, 15) is 4.21 Å². The van der Waals surface area contributed by atoms with Crippen molar-refractivity contribution >= 4 is 16.8 Å². The van der Waals surface area contributed by atoms with Gasteiger partial charge < -0.3 is 0 Å². The Labute approximate surface area is 149 Å². The van der Waals surface area contributed by atoms with E-state index in [0.29, 0.717) is 11.4 Å². The molecule has 1 unspecified atom stereocenters. The van der Waals surface area contributed by atoms with E-state index in [-0.39, 0.29) is 0 Å². The van der Waals surface area contributed by atoms with Crippen LogP contribution in [0.5, 0.6) is 0 Å². The van der Waals surface area contributed by atoms with Crippen molar-refractivity contribution in [1.82, 2.24) is 4.98 Å². The lowest BCUT2D eigenvalue weighted by Gasteiger charge is -2.10. The Morgan fingerprint density at radius 2 is 1.72 bits per heavy atom. The highest BCUT2D eigenvalue weighted by molar-refractivity contribution is 7.86. The predicted molar refractivity (Wildman–Crippen MR) is 100 cm³/mol. The van der Waals surface area contributed by atoms with Crippen LogP contribution in [0.15, 0.2) is 65.6 Å². The molecule has 1 heterocycles. The zero-order valence-corrected chi connectivity index (χ0v) is 14.8. The van der Waals surface area contributed by atoms with E-state index in [1.54, 1.807) is 18.2 Å². The molecule has 1 atom stereocenters. The summed E-state index contributed by atoms with van der Waals surface area (Å²) < 4.78 is 15.5. The van der Waals surface area contributed by atoms with E-state index in [4.69, 9.17) is 5.26 Å². The number of anilines is 1. The van der Waals surface area contributed by atoms with Gasteiger partial charge in [-0.2, -0.15) is 5.26 Å². The highest BCUT2D eigenvalue weighted by Gasteiger charge is 2.10. The Kier molecular flexibility index (Phi) is 4.92. The normalized spacial score (nSPS) is 11.6. The molecular formula is C20H17N3OS. The van der Waals surface area contributed by atoms with Crippen LogP contribution < -0.4 is 4.72 Å². The maximum Gasteiger partial charge on any atom is 0.151 e. The number of aryl methyl sites for hydroxylation is 2. The molecule has 1 N–H and O–H groups in total. The number of aromatic nitrogens is 1. The van der Waals surface area contributed by atoms with E-state index in [1.807, 2.05) is 56.3 Å². The van der Waals surface area contributed by atoms with Gasteiger partial charge in [-0.25, -0.2) is 9.19 Å². The number of benzene rings is 2. The molecule has 0 aliphatic rings. The van der Waals surface area contributed by atoms with E-state index in [2.05, 4.69) is 15.8 Å². The average Bonchev–Trinajstić information content (AvgIpc) is 2.61. The smallest absolute Gasteiger partial charge is 0.151 e. The Hall–Kier alpha value is -2.97. The molecule has 1 aromatic heterocycles. The maximum absolute atomic E-state index is 12.6. The topological polar surface area (TPSA) is 65.8 Å². The maximum atomic E-state index is 12.6. The summed E-state index contributed by atoms with van der Waals surface area (Å²) in [5.41, 5.74) is 4.48. The quantitative estimate of drug-likeness (QED) is 0.762. The van der Waals surface area contributed by atoms with Crippen LogP contribution in [0.1, 0.15) is 16.8 Å². The lowest BCUT2D eigenvalue weighted by atomic mass is 10.0. The number of nitrogens with zero attached hydrogens (tertiary/aromatic N) is 2. The molecule has 0 spiro atoms. The summed E-state index contributed by atoms with van der Waals surface area (Å²) in [4.78, 5) is 5.04. The molecule has 0 saturated heterocycles. The van der Waals surface area contributed by atoms with Gasteiger partial charge in [0.2, 0.25) is 0 Å². The second kappa shape index (κ2) is 7.29. The van der Waals surface area contributed by atoms with Gasteiger partial charge in [0.05, 0.1) is 16.5 Å². The van der Waals surface area contributed by atoms with E-state index >= 15 is 0 Å². The van der Waals surface area contributed by atoms with Crippen molar-refractivity contribution in [1.29, 1.82) is 5.26 Å². The third kappa shape index (κ3) is 3.93. The van der Waals surface area contributed by atoms with E-state index in [1.165, 1.54) is 0 Å². The van der Waals surface area contributed by atoms with Gasteiger partial charge in [0.25, 0.3) is 0 Å². The van der Waals surface area contributed by atoms with Gasteiger partial charge in [0.15, 0.2) is 11.0 Å². The summed E-state index contributed by atoms with van der Waals surface area (Å²) >= 11 is 0. The van der Waals surface area contributed by atoms with Gasteiger partial charge in [-0.05, 0) is 60.9 Å². The number of hydrogen-bond donors (Lipinski definition) is 1. The van der Waals surface area contributed by atoms with Gasteiger partial charge in [-0.3, -0.25) is 4.72 Å². The third-order valence-corrected chi connectivity index (χ3v) is 5.06. The monoisotopic (exact) mass is 347 g/mol. The second-order valence-electron chi connectivity index (χ2n) is 5.70. The van der Waals surface area contributed by atoms with Crippen molar-refractivity contribution in [2.75, 3.05) is 4.72 Å². The average molecular weight is 347 g/mol. The molecule has 0 amide bonds. The Morgan fingerprint density at radius 1 is 1.00 bits per heavy atom. The molecule has 0 aliphatic carbocycles. The molecule has 0 aliphatic heterocycles. The first kappa shape index (κ1) is 16.9. The number of nitrogens with one attached hydrogen (secondary N) is 1. The third-order valence-electron chi connectivity index (χ3n) is 3.81. The molecule has 5 heteroatoms. The van der Waals surface area contributed by atoms with Crippen LogP contribution in [0.25, 0.3) is 11.1 Å². The fraction of sp³-hybridized carbons (Fsp3) is 0.100. The van der Waals surface area contributed by atoms with Crippen LogP contribution in [0, 0.1) is 25.2 Å². The first-order valence-corrected chi connectivity index (χ1v) is 8.95. The van der Waals surface area contributed by atoms with Gasteiger partial charge >= 0.3 is 0 Å². The molecule has 25 heavy (non-hydrogen) atoms. The minimum absolute atomic E-state index is 0.592. The molecule has 3 rings (SSSR count). The predicted octanol–water partition coefficient (Wildman–Crippen LogP) is 4.37. The Morgan fingerprint density at radius 3 is 2.36 bits per heavy atom. The van der Waals surface area contributed by atoms with Crippen molar-refractivity contribution in [3.63, 3.8) is 0 Å². The van der Waals surface area contributed by atoms with Gasteiger partial charge in [0, 0.05) is 5.69 Å². The molecule has 3 aromatic rings. The molecule has 4 nitrogen and oxygen atoms in total. The highest BCUT2D eigenvalue weighted by Crippen LogP contribution is 2.24. The zero-order chi connectivity index (χ0) is 17.8. The largest absolute Gasteiger partial charge is 0.285 e. The van der Waals surface area contributed by atoms with Gasteiger partial charge in [-0.1, -0.05) is 30.3 Å². The van der Waals surface area contributed by atoms with Crippen LogP contribution in [-0.2, 0) is 11.0 Å². The van der Waals surface area contributed by atoms with Crippen LogP contribution >= 0.6 is 0 Å². The minimum atomic E-state index is -1.38. The zero-order valence-electron chi connectivity index (χ0n) is 14.0. The summed E-state index contributed by atoms with van der Waals surface area (Å²) in [7, 11) is -1.38. The fourth-order valence-electron chi connectivity index (χ4n) is 2.52. The van der Waals surface area contributed by atoms with E-state index < -0.39 is 11.0 Å². The Balaban J connectivity index is 1.83. The van der Waals surface area contributed by atoms with Crippen molar-refractivity contribution in [3.8, 4) is 17.2 Å². The van der Waals surface area contributed by atoms with Crippen molar-refractivity contribution < 1.29 is 4.21 Å². The van der Waals surface area contributed by atoms with E-state index in [0.717, 1.165) is 27.3 Å². The second-order valence-corrected chi connectivity index (χ2v) is 6.89. The first-order valence-electron chi connectivity index (χ1n) is 7.80. The fourth-order valence-corrected chi connectivity index (χ4v) is 3.48. The van der Waals surface area contributed by atoms with Gasteiger partial charge in [-0.15, -0.1) is 0 Å². The lowest BCUT2D eigenvalue weighted by molar-refractivity contribution is 0.686. The number of nitriles is 1. The standard InChI is InChI=1S/C20H17N3OS/c1-14-12-18(17-8-6-16(13-21)7-9-17)10-11-19(14)25(24)23-20-5-3-4-15(2)22-20/h3-12H,1-2H3,(H,22,23). The lowest BCUT2D eigenvalue weighted by Crippen LogP contribution is -2.08. The van der Waals surface area contributed by atoms with Crippen molar-refractivity contribution in [2.24, 2.45) is 0 Å². The minimum Gasteiger partial charge on any atom is -0.285 e. The summed E-state index contributed by atoms with van der Waals surface area (Å²) in [6.07, 6.45) is 0. The van der Waals surface area contributed by atoms with Crippen molar-refractivity contribution in [3.05, 3.63) is 77.5 Å². The summed E-state index contributed by atoms with van der Waals surface area (Å²) in [6.45, 7) is 3.83. The molecular weight excluding hydrogens is 330 g/mol. The summed E-state index contributed by atoms with van der Waals surface area (Å²) in [5, 5.41) is 8.88. The number of hydrogen-bond acceptors (Lipinski definition) is 3. The number of rotatable bonds is 4. The Bertz CT molecular complexity index is 975. The molecule has 0 saturated carbocycles. The molecule has 124 valence electrons. The summed E-state index contributed by atoms with van der Waals surface area (Å²) in [6, 6.07) is 20.9. The van der Waals surface area contributed by atoms with Crippen LogP contribution in [-0.4, -0.2) is 9.19 Å². The van der Waals surface area contributed by atoms with Crippen molar-refractivity contribution in [2.45, 2.75) is 18.7 Å². The highest BCUT2D eigenvalue weighted by atomic mass is 32.2. The van der Waals surface area contributed by atoms with Crippen LogP contribution in [0.2, 0.25) is 0 Å². The molecule has 0 bridgehead atoms. The van der Waals surface area contributed by atoms with Gasteiger partial charge in [0.1, 0.15) is 5.82 Å². The van der Waals surface area contributed by atoms with Crippen LogP contribution in [0.3, 0.4) is 0 Å². The molecule has 2 aromatic carbocycles. The number of pyridine rings is 1.